The van der Waals surface area contributed by atoms with E-state index < -0.39 is 11.0 Å². The van der Waals surface area contributed by atoms with Gasteiger partial charge in [0.1, 0.15) is 0 Å². The van der Waals surface area contributed by atoms with Gasteiger partial charge in [0.2, 0.25) is 5.82 Å². The number of ether oxygens (including phenoxy) is 1. The van der Waals surface area contributed by atoms with E-state index in [4.69, 9.17) is 4.74 Å². The minimum Gasteiger partial charge on any atom is -0.449 e. The van der Waals surface area contributed by atoms with Gasteiger partial charge in [-0.3, -0.25) is 15.0 Å². The van der Waals surface area contributed by atoms with Gasteiger partial charge in [0.15, 0.2) is 0 Å². The predicted octanol–water partition coefficient (Wildman–Crippen LogP) is 3.33. The molecule has 0 spiro atoms. The first-order chi connectivity index (χ1) is 11.0. The fraction of sp³-hybridized carbons (Fsp3) is 0.200. The Kier molecular flexibility index (Phi) is 5.08. The summed E-state index contributed by atoms with van der Waals surface area (Å²) in [6, 6.07) is 9.67. The monoisotopic (exact) mass is 316 g/mol. The van der Waals surface area contributed by atoms with Crippen LogP contribution in [0.5, 0.6) is 0 Å². The highest BCUT2D eigenvalue weighted by Crippen LogP contribution is 2.25. The Bertz CT molecular complexity index is 703. The summed E-state index contributed by atoms with van der Waals surface area (Å²) in [6.07, 6.45) is 1.02. The number of rotatable bonds is 5. The van der Waals surface area contributed by atoms with E-state index >= 15 is 0 Å². The van der Waals surface area contributed by atoms with Crippen molar-refractivity contribution in [3.63, 3.8) is 0 Å². The van der Waals surface area contributed by atoms with E-state index in [0.29, 0.717) is 18.0 Å². The fourth-order valence-electron chi connectivity index (χ4n) is 1.87. The zero-order valence-corrected chi connectivity index (χ0v) is 12.7. The highest BCUT2D eigenvalue weighted by molar-refractivity contribution is 5.87. The molecule has 8 nitrogen and oxygen atoms in total. The molecule has 1 aromatic heterocycles. The van der Waals surface area contributed by atoms with E-state index in [9.17, 15) is 14.9 Å². The van der Waals surface area contributed by atoms with Crippen molar-refractivity contribution < 1.29 is 14.5 Å². The van der Waals surface area contributed by atoms with Crippen LogP contribution in [0, 0.1) is 10.1 Å². The van der Waals surface area contributed by atoms with Crippen molar-refractivity contribution in [1.29, 1.82) is 0 Å². The molecule has 120 valence electrons. The van der Waals surface area contributed by atoms with Crippen LogP contribution in [-0.4, -0.2) is 29.7 Å². The molecule has 0 saturated carbocycles. The maximum absolute atomic E-state index is 11.6. The van der Waals surface area contributed by atoms with Gasteiger partial charge in [-0.05, 0) is 37.3 Å². The van der Waals surface area contributed by atoms with Gasteiger partial charge in [0.05, 0.1) is 11.5 Å². The summed E-state index contributed by atoms with van der Waals surface area (Å²) < 4.78 is 4.91. The molecule has 23 heavy (non-hydrogen) atoms. The average molecular weight is 316 g/mol. The summed E-state index contributed by atoms with van der Waals surface area (Å²) >= 11 is 0. The van der Waals surface area contributed by atoms with Crippen LogP contribution in [0.4, 0.5) is 27.7 Å². The summed E-state index contributed by atoms with van der Waals surface area (Å²) in [5.41, 5.74) is 1.15. The van der Waals surface area contributed by atoms with Crippen molar-refractivity contribution in [2.24, 2.45) is 0 Å². The second kappa shape index (κ2) is 7.21. The first-order valence-corrected chi connectivity index (χ1v) is 6.90. The number of pyridine rings is 1. The molecular weight excluding hydrogens is 300 g/mol. The van der Waals surface area contributed by atoms with Crippen LogP contribution in [0.15, 0.2) is 42.6 Å². The maximum atomic E-state index is 11.6. The van der Waals surface area contributed by atoms with Crippen LogP contribution in [0.1, 0.15) is 6.92 Å². The number of nitro groups is 1. The lowest BCUT2D eigenvalue weighted by Crippen LogP contribution is -2.26. The number of hydrogen-bond acceptors (Lipinski definition) is 6. The summed E-state index contributed by atoms with van der Waals surface area (Å²) in [5, 5.41) is 13.8. The molecule has 1 amide bonds. The number of nitrogens with zero attached hydrogens (tertiary/aromatic N) is 3. The number of carbonyl (C=O) groups excluding carboxylic acids is 1. The third kappa shape index (κ3) is 3.94. The van der Waals surface area contributed by atoms with Gasteiger partial charge in [-0.15, -0.1) is 0 Å². The lowest BCUT2D eigenvalue weighted by Gasteiger charge is -2.17. The van der Waals surface area contributed by atoms with Crippen molar-refractivity contribution in [1.82, 2.24) is 4.98 Å². The molecule has 0 saturated heterocycles. The Morgan fingerprint density at radius 3 is 2.65 bits per heavy atom. The molecule has 0 radical (unpaired) electrons. The van der Waals surface area contributed by atoms with E-state index in [2.05, 4.69) is 10.3 Å². The number of aromatic nitrogens is 1. The largest absolute Gasteiger partial charge is 0.449 e. The molecule has 0 atom stereocenters. The molecule has 8 heteroatoms. The second-order valence-corrected chi connectivity index (χ2v) is 4.56. The van der Waals surface area contributed by atoms with Gasteiger partial charge in [0, 0.05) is 30.7 Å². The maximum Gasteiger partial charge on any atom is 0.413 e. The Morgan fingerprint density at radius 1 is 1.35 bits per heavy atom. The molecular formula is C15H16N4O4. The molecule has 0 unspecified atom stereocenters. The van der Waals surface area contributed by atoms with Gasteiger partial charge in [-0.25, -0.2) is 9.78 Å². The van der Waals surface area contributed by atoms with Gasteiger partial charge in [-0.1, -0.05) is 0 Å². The zero-order valence-electron chi connectivity index (χ0n) is 12.7. The van der Waals surface area contributed by atoms with Crippen molar-refractivity contribution >= 4 is 29.0 Å². The van der Waals surface area contributed by atoms with Crippen molar-refractivity contribution in [2.45, 2.75) is 6.92 Å². The minimum atomic E-state index is -0.502. The summed E-state index contributed by atoms with van der Waals surface area (Å²) in [7, 11) is 1.60. The quantitative estimate of drug-likeness (QED) is 0.671. The third-order valence-electron chi connectivity index (χ3n) is 3.04. The highest BCUT2D eigenvalue weighted by Gasteiger charge is 2.15. The number of carbonyl (C=O) groups is 1. The summed E-state index contributed by atoms with van der Waals surface area (Å²) in [5.74, 6) is 0.156. The van der Waals surface area contributed by atoms with Crippen LogP contribution >= 0.6 is 0 Å². The van der Waals surface area contributed by atoms with Crippen molar-refractivity contribution in [3.05, 3.63) is 52.7 Å². The predicted molar refractivity (Wildman–Crippen MR) is 86.0 cm³/mol. The molecule has 0 aliphatic carbocycles. The van der Waals surface area contributed by atoms with Crippen molar-refractivity contribution in [3.8, 4) is 0 Å². The number of amides is 1. The topological polar surface area (TPSA) is 97.6 Å². The minimum absolute atomic E-state index is 0.111. The average Bonchev–Trinajstić information content (AvgIpc) is 2.55. The normalized spacial score (nSPS) is 10.0. The first-order valence-electron chi connectivity index (χ1n) is 6.90. The molecule has 0 aliphatic rings. The molecule has 1 aromatic carbocycles. The Morgan fingerprint density at radius 2 is 2.04 bits per heavy atom. The lowest BCUT2D eigenvalue weighted by atomic mass is 10.2. The van der Waals surface area contributed by atoms with E-state index in [1.54, 1.807) is 38.2 Å². The van der Waals surface area contributed by atoms with E-state index in [1.165, 1.54) is 23.2 Å². The fourth-order valence-corrected chi connectivity index (χ4v) is 1.87. The molecule has 0 fully saturated rings. The van der Waals surface area contributed by atoms with Gasteiger partial charge in [-0.2, -0.15) is 0 Å². The summed E-state index contributed by atoms with van der Waals surface area (Å²) in [4.78, 5) is 27.4. The van der Waals surface area contributed by atoms with Crippen LogP contribution in [0.25, 0.3) is 0 Å². The lowest BCUT2D eigenvalue weighted by molar-refractivity contribution is -0.384. The Balaban J connectivity index is 2.15. The molecule has 2 rings (SSSR count). The van der Waals surface area contributed by atoms with Gasteiger partial charge >= 0.3 is 11.8 Å². The highest BCUT2D eigenvalue weighted by atomic mass is 16.6. The van der Waals surface area contributed by atoms with Crippen LogP contribution in [0.2, 0.25) is 0 Å². The second-order valence-electron chi connectivity index (χ2n) is 4.56. The van der Waals surface area contributed by atoms with Crippen LogP contribution in [-0.2, 0) is 4.74 Å². The molecule has 0 aliphatic heterocycles. The van der Waals surface area contributed by atoms with Crippen LogP contribution in [0.3, 0.4) is 0 Å². The number of hydrogen-bond donors (Lipinski definition) is 1. The molecule has 0 bridgehead atoms. The molecule has 1 N–H and O–H groups in total. The van der Waals surface area contributed by atoms with Gasteiger partial charge in [0.25, 0.3) is 0 Å². The number of anilines is 3. The van der Waals surface area contributed by atoms with Crippen molar-refractivity contribution in [2.75, 3.05) is 23.9 Å². The van der Waals surface area contributed by atoms with Crippen LogP contribution < -0.4 is 10.2 Å². The smallest absolute Gasteiger partial charge is 0.413 e. The summed E-state index contributed by atoms with van der Waals surface area (Å²) in [6.45, 7) is 2.03. The zero-order chi connectivity index (χ0) is 16.8. The Labute approximate surface area is 132 Å². The standard InChI is InChI=1S/C15H16N4O4/c1-3-23-15(20)18(2)12-8-6-11(7-9-12)17-14-13(19(21)22)5-4-10-16-14/h4-10H,3H2,1-2H3,(H,16,17). The van der Waals surface area contributed by atoms with E-state index in [0.717, 1.165) is 0 Å². The van der Waals surface area contributed by atoms with Gasteiger partial charge < -0.3 is 10.1 Å². The molecule has 1 heterocycles. The SMILES string of the molecule is CCOC(=O)N(C)c1ccc(Nc2ncccc2[N+](=O)[O-])cc1. The van der Waals surface area contributed by atoms with E-state index in [1.807, 2.05) is 0 Å². The third-order valence-corrected chi connectivity index (χ3v) is 3.04. The molecule has 2 aromatic rings. The first kappa shape index (κ1) is 16.2. The number of nitrogens with one attached hydrogen (secondary N) is 1. The Hall–Kier alpha value is -3.16. The number of benzene rings is 1. The van der Waals surface area contributed by atoms with E-state index in [-0.39, 0.29) is 11.5 Å².